The highest BCUT2D eigenvalue weighted by molar-refractivity contribution is 5.95. The van der Waals surface area contributed by atoms with Crippen molar-refractivity contribution in [1.29, 1.82) is 0 Å². The number of hydrogen-bond acceptors (Lipinski definition) is 7. The van der Waals surface area contributed by atoms with Crippen LogP contribution in [0.3, 0.4) is 0 Å². The van der Waals surface area contributed by atoms with E-state index in [1.165, 1.54) is 0 Å². The highest BCUT2D eigenvalue weighted by atomic mass is 19.4. The van der Waals surface area contributed by atoms with Gasteiger partial charge in [0, 0.05) is 50.1 Å². The number of nitrogens with one attached hydrogen (secondary N) is 1. The number of fused-ring (bicyclic) bond motifs is 3. The summed E-state index contributed by atoms with van der Waals surface area (Å²) < 4.78 is 58.0. The van der Waals surface area contributed by atoms with Gasteiger partial charge in [0.15, 0.2) is 11.5 Å². The molecule has 0 bridgehead atoms. The van der Waals surface area contributed by atoms with Crippen LogP contribution in [0.1, 0.15) is 28.9 Å². The Bertz CT molecular complexity index is 1260. The van der Waals surface area contributed by atoms with Crippen LogP contribution in [0, 0.1) is 6.92 Å². The number of aromatic nitrogens is 2. The summed E-state index contributed by atoms with van der Waals surface area (Å²) in [6.07, 6.45) is -3.00. The van der Waals surface area contributed by atoms with Crippen molar-refractivity contribution in [3.8, 4) is 11.5 Å². The Balaban J connectivity index is 1.52. The van der Waals surface area contributed by atoms with Crippen molar-refractivity contribution in [3.63, 3.8) is 0 Å². The van der Waals surface area contributed by atoms with Gasteiger partial charge in [-0.05, 0) is 36.8 Å². The lowest BCUT2D eigenvalue weighted by Crippen LogP contribution is -2.16. The fourth-order valence-electron chi connectivity index (χ4n) is 4.44. The molecular formula is C25H27F3N4O3. The molecule has 0 aliphatic carbocycles. The smallest absolute Gasteiger partial charge is 0.416 e. The topological polar surface area (TPSA) is 68.7 Å². The van der Waals surface area contributed by atoms with E-state index in [1.807, 2.05) is 6.07 Å². The van der Waals surface area contributed by atoms with Gasteiger partial charge in [-0.3, -0.25) is 0 Å². The lowest BCUT2D eigenvalue weighted by molar-refractivity contribution is -0.137. The largest absolute Gasteiger partial charge is 0.489 e. The molecule has 1 unspecified atom stereocenters. The van der Waals surface area contributed by atoms with Crippen molar-refractivity contribution in [1.82, 2.24) is 9.97 Å². The summed E-state index contributed by atoms with van der Waals surface area (Å²) in [6, 6.07) is 5.90. The van der Waals surface area contributed by atoms with E-state index in [1.54, 1.807) is 32.0 Å². The molecule has 3 heterocycles. The van der Waals surface area contributed by atoms with Crippen molar-refractivity contribution in [3.05, 3.63) is 46.8 Å². The summed E-state index contributed by atoms with van der Waals surface area (Å²) in [5.74, 6) is 2.41. The number of alkyl halides is 3. The van der Waals surface area contributed by atoms with E-state index >= 15 is 0 Å². The van der Waals surface area contributed by atoms with Crippen molar-refractivity contribution < 1.29 is 27.4 Å². The quantitative estimate of drug-likeness (QED) is 0.538. The van der Waals surface area contributed by atoms with Crippen LogP contribution in [0.25, 0.3) is 10.9 Å². The Morgan fingerprint density at radius 1 is 1.14 bits per heavy atom. The highest BCUT2D eigenvalue weighted by Crippen LogP contribution is 2.43. The van der Waals surface area contributed by atoms with E-state index in [2.05, 4.69) is 15.3 Å². The number of ether oxygens (including phenoxy) is 3. The van der Waals surface area contributed by atoms with Crippen LogP contribution < -0.4 is 19.7 Å². The molecule has 1 atom stereocenters. The number of aryl methyl sites for hydroxylation is 1. The zero-order valence-electron chi connectivity index (χ0n) is 19.8. The molecule has 1 saturated heterocycles. The average molecular weight is 489 g/mol. The van der Waals surface area contributed by atoms with Crippen LogP contribution in [0.15, 0.2) is 24.3 Å². The predicted molar refractivity (Wildman–Crippen MR) is 126 cm³/mol. The first-order valence-electron chi connectivity index (χ1n) is 11.5. The molecule has 35 heavy (non-hydrogen) atoms. The van der Waals surface area contributed by atoms with Gasteiger partial charge in [0.05, 0.1) is 30.9 Å². The summed E-state index contributed by atoms with van der Waals surface area (Å²) in [4.78, 5) is 10.9. The van der Waals surface area contributed by atoms with Crippen LogP contribution in [0.5, 0.6) is 11.5 Å². The number of halogens is 3. The maximum Gasteiger partial charge on any atom is 0.416 e. The van der Waals surface area contributed by atoms with Crippen molar-refractivity contribution >= 4 is 22.4 Å². The van der Waals surface area contributed by atoms with Crippen LogP contribution in [-0.4, -0.2) is 50.0 Å². The van der Waals surface area contributed by atoms with E-state index in [9.17, 15) is 13.2 Å². The lowest BCUT2D eigenvalue weighted by Gasteiger charge is -2.19. The molecule has 2 aliphatic heterocycles. The lowest BCUT2D eigenvalue weighted by atomic mass is 10.1. The molecular weight excluding hydrogens is 461 g/mol. The minimum Gasteiger partial charge on any atom is -0.489 e. The van der Waals surface area contributed by atoms with Crippen LogP contribution >= 0.6 is 0 Å². The van der Waals surface area contributed by atoms with E-state index in [0.717, 1.165) is 35.0 Å². The first-order chi connectivity index (χ1) is 16.7. The molecule has 1 N–H and O–H groups in total. The van der Waals surface area contributed by atoms with Gasteiger partial charge in [-0.2, -0.15) is 13.2 Å². The Morgan fingerprint density at radius 3 is 2.69 bits per heavy atom. The highest BCUT2D eigenvalue weighted by Gasteiger charge is 2.31. The van der Waals surface area contributed by atoms with Crippen LogP contribution in [0.4, 0.5) is 24.7 Å². The molecule has 2 aromatic carbocycles. The zero-order valence-corrected chi connectivity index (χ0v) is 19.8. The number of anilines is 2. The van der Waals surface area contributed by atoms with Gasteiger partial charge in [-0.25, -0.2) is 9.97 Å². The molecule has 0 amide bonds. The molecule has 2 aliphatic rings. The second-order valence-corrected chi connectivity index (χ2v) is 9.03. The maximum atomic E-state index is 13.5. The molecule has 7 nitrogen and oxygen atoms in total. The summed E-state index contributed by atoms with van der Waals surface area (Å²) in [5, 5.41) is 3.99. The standard InChI is InChI=1S/C25H27F3N4O3/c1-14-30-22-19-5-7-34-23(19)21(35-18-4-6-33-13-18)11-20(22)24(31-14)29-12-15-8-16(25(26,27)28)10-17(9-15)32(2)3/h8-11,18H,4-7,12-13H2,1-3H3,(H,29,30,31). The van der Waals surface area contributed by atoms with E-state index in [-0.39, 0.29) is 12.6 Å². The first-order valence-corrected chi connectivity index (χ1v) is 11.5. The third kappa shape index (κ3) is 4.80. The second-order valence-electron chi connectivity index (χ2n) is 9.03. The molecule has 5 rings (SSSR count). The van der Waals surface area contributed by atoms with E-state index in [4.69, 9.17) is 14.2 Å². The third-order valence-electron chi connectivity index (χ3n) is 6.18. The maximum absolute atomic E-state index is 13.5. The number of hydrogen-bond donors (Lipinski definition) is 1. The van der Waals surface area contributed by atoms with Crippen LogP contribution in [0.2, 0.25) is 0 Å². The van der Waals surface area contributed by atoms with Crippen molar-refractivity contribution in [2.75, 3.05) is 44.1 Å². The molecule has 1 fully saturated rings. The van der Waals surface area contributed by atoms with Gasteiger partial charge in [0.25, 0.3) is 0 Å². The number of nitrogens with zero attached hydrogens (tertiary/aromatic N) is 3. The second kappa shape index (κ2) is 9.07. The van der Waals surface area contributed by atoms with E-state index < -0.39 is 11.7 Å². The van der Waals surface area contributed by atoms with Gasteiger partial charge >= 0.3 is 6.18 Å². The monoisotopic (exact) mass is 488 g/mol. The Hall–Kier alpha value is -3.27. The SMILES string of the molecule is Cc1nc(NCc2cc(N(C)C)cc(C(F)(F)F)c2)c2cc(OC3CCOC3)c3c(c2n1)CCO3. The first kappa shape index (κ1) is 23.5. The number of rotatable bonds is 6. The van der Waals surface area contributed by atoms with Gasteiger partial charge in [0.1, 0.15) is 17.7 Å². The van der Waals surface area contributed by atoms with Crippen molar-refractivity contribution in [2.45, 2.75) is 38.6 Å². The Kier molecular flexibility index (Phi) is 6.08. The zero-order chi connectivity index (χ0) is 24.7. The molecule has 0 radical (unpaired) electrons. The molecule has 0 saturated carbocycles. The molecule has 1 aromatic heterocycles. The fraction of sp³-hybridized carbons (Fsp3) is 0.440. The molecule has 10 heteroatoms. The van der Waals surface area contributed by atoms with E-state index in [0.29, 0.717) is 60.6 Å². The van der Waals surface area contributed by atoms with Crippen molar-refractivity contribution in [2.24, 2.45) is 0 Å². The summed E-state index contributed by atoms with van der Waals surface area (Å²) in [5.41, 5.74) is 2.01. The summed E-state index contributed by atoms with van der Waals surface area (Å²) >= 11 is 0. The van der Waals surface area contributed by atoms with Crippen LogP contribution in [-0.2, 0) is 23.9 Å². The molecule has 0 spiro atoms. The molecule has 3 aromatic rings. The Labute approximate surface area is 201 Å². The minimum atomic E-state index is -4.43. The Morgan fingerprint density at radius 2 is 1.97 bits per heavy atom. The molecule has 186 valence electrons. The van der Waals surface area contributed by atoms with Gasteiger partial charge in [0.2, 0.25) is 0 Å². The predicted octanol–water partition coefficient (Wildman–Crippen LogP) is 4.74. The normalized spacial score (nSPS) is 17.4. The minimum absolute atomic E-state index is 0.0573. The average Bonchev–Trinajstić information content (AvgIpc) is 3.49. The van der Waals surface area contributed by atoms with Gasteiger partial charge in [-0.15, -0.1) is 0 Å². The summed E-state index contributed by atoms with van der Waals surface area (Å²) in [6.45, 7) is 3.67. The fourth-order valence-corrected chi connectivity index (χ4v) is 4.44. The number of benzene rings is 2. The third-order valence-corrected chi connectivity index (χ3v) is 6.18. The van der Waals surface area contributed by atoms with Gasteiger partial charge < -0.3 is 24.4 Å². The van der Waals surface area contributed by atoms with Gasteiger partial charge in [-0.1, -0.05) is 0 Å². The summed E-state index contributed by atoms with van der Waals surface area (Å²) in [7, 11) is 3.43.